The topological polar surface area (TPSA) is 92.2 Å². The Morgan fingerprint density at radius 1 is 1.30 bits per heavy atom. The fourth-order valence-corrected chi connectivity index (χ4v) is 2.21. The summed E-state index contributed by atoms with van der Waals surface area (Å²) >= 11 is 0. The molecule has 0 saturated carbocycles. The number of benzene rings is 1. The first-order valence-corrected chi connectivity index (χ1v) is 7.46. The Morgan fingerprint density at radius 3 is 2.74 bits per heavy atom. The quantitative estimate of drug-likeness (QED) is 0.489. The molecule has 23 heavy (non-hydrogen) atoms. The second kappa shape index (κ2) is 8.07. The van der Waals surface area contributed by atoms with Gasteiger partial charge in [-0.05, 0) is 19.4 Å². The molecule has 1 unspecified atom stereocenters. The van der Waals surface area contributed by atoms with Crippen LogP contribution in [0.3, 0.4) is 0 Å². The first-order chi connectivity index (χ1) is 11.1. The molecule has 7 heteroatoms. The van der Waals surface area contributed by atoms with Crippen LogP contribution < -0.4 is 10.9 Å². The van der Waals surface area contributed by atoms with E-state index in [1.54, 1.807) is 13.8 Å². The van der Waals surface area contributed by atoms with E-state index in [-0.39, 0.29) is 24.2 Å². The zero-order chi connectivity index (χ0) is 16.7. The average molecular weight is 316 g/mol. The number of amidine groups is 1. The third-order valence-corrected chi connectivity index (χ3v) is 3.29. The first-order valence-electron chi connectivity index (χ1n) is 7.46. The Kier molecular flexibility index (Phi) is 5.85. The monoisotopic (exact) mass is 316 g/mol. The van der Waals surface area contributed by atoms with E-state index in [9.17, 15) is 9.59 Å². The SMILES string of the molecule is CCOC(=O)C/C(C)=N/N=C1\NNC(=O)CC1c1ccccc1. The highest BCUT2D eigenvalue weighted by molar-refractivity contribution is 6.00. The van der Waals surface area contributed by atoms with Crippen LogP contribution in [-0.2, 0) is 14.3 Å². The van der Waals surface area contributed by atoms with Crippen molar-refractivity contribution in [2.24, 2.45) is 10.2 Å². The molecule has 1 amide bonds. The van der Waals surface area contributed by atoms with E-state index in [0.717, 1.165) is 5.56 Å². The minimum Gasteiger partial charge on any atom is -0.466 e. The lowest BCUT2D eigenvalue weighted by Gasteiger charge is -2.25. The van der Waals surface area contributed by atoms with Crippen LogP contribution in [0.25, 0.3) is 0 Å². The molecule has 1 aromatic carbocycles. The third-order valence-electron chi connectivity index (χ3n) is 3.29. The minimum absolute atomic E-state index is 0.0903. The van der Waals surface area contributed by atoms with Crippen LogP contribution in [-0.4, -0.2) is 30.0 Å². The van der Waals surface area contributed by atoms with Crippen LogP contribution in [0.1, 0.15) is 38.2 Å². The van der Waals surface area contributed by atoms with Gasteiger partial charge in [-0.3, -0.25) is 20.4 Å². The molecule has 0 aliphatic carbocycles. The van der Waals surface area contributed by atoms with Gasteiger partial charge in [-0.2, -0.15) is 5.10 Å². The summed E-state index contributed by atoms with van der Waals surface area (Å²) in [5, 5.41) is 8.22. The normalized spacial score (nSPS) is 19.9. The maximum Gasteiger partial charge on any atom is 0.311 e. The number of hydrogen-bond acceptors (Lipinski definition) is 5. The molecule has 0 bridgehead atoms. The largest absolute Gasteiger partial charge is 0.466 e. The van der Waals surface area contributed by atoms with Crippen LogP contribution in [0.15, 0.2) is 40.5 Å². The van der Waals surface area contributed by atoms with E-state index in [1.165, 1.54) is 0 Å². The summed E-state index contributed by atoms with van der Waals surface area (Å²) in [6, 6.07) is 9.62. The predicted molar refractivity (Wildman–Crippen MR) is 86.9 cm³/mol. The molecule has 1 aliphatic heterocycles. The van der Waals surface area contributed by atoms with Crippen molar-refractivity contribution in [1.82, 2.24) is 10.9 Å². The number of nitrogens with one attached hydrogen (secondary N) is 2. The van der Waals surface area contributed by atoms with E-state index in [2.05, 4.69) is 21.1 Å². The molecule has 0 radical (unpaired) electrons. The fraction of sp³-hybridized carbons (Fsp3) is 0.375. The van der Waals surface area contributed by atoms with Gasteiger partial charge in [0.1, 0.15) is 0 Å². The Bertz CT molecular complexity index is 625. The van der Waals surface area contributed by atoms with Crippen LogP contribution in [0.2, 0.25) is 0 Å². The van der Waals surface area contributed by atoms with E-state index in [0.29, 0.717) is 24.6 Å². The molecule has 2 rings (SSSR count). The summed E-state index contributed by atoms with van der Waals surface area (Å²) in [5.41, 5.74) is 6.84. The van der Waals surface area contributed by atoms with Crippen LogP contribution in [0.4, 0.5) is 0 Å². The predicted octanol–water partition coefficient (Wildman–Crippen LogP) is 1.52. The molecule has 1 aromatic rings. The van der Waals surface area contributed by atoms with Gasteiger partial charge in [0.15, 0.2) is 5.84 Å². The van der Waals surface area contributed by atoms with Gasteiger partial charge in [0.05, 0.1) is 18.9 Å². The molecule has 0 aromatic heterocycles. The van der Waals surface area contributed by atoms with Crippen LogP contribution in [0, 0.1) is 0 Å². The van der Waals surface area contributed by atoms with Gasteiger partial charge in [-0.15, -0.1) is 5.10 Å². The van der Waals surface area contributed by atoms with Crippen LogP contribution >= 0.6 is 0 Å². The zero-order valence-electron chi connectivity index (χ0n) is 13.2. The molecular weight excluding hydrogens is 296 g/mol. The Hall–Kier alpha value is -2.70. The van der Waals surface area contributed by atoms with Crippen molar-refractivity contribution in [3.8, 4) is 0 Å². The summed E-state index contributed by atoms with van der Waals surface area (Å²) in [7, 11) is 0. The number of amides is 1. The number of hydrogen-bond donors (Lipinski definition) is 2. The Labute approximate surface area is 134 Å². The standard InChI is InChI=1S/C16H20N4O3/c1-3-23-15(22)9-11(2)17-19-16-13(10-14(21)18-20-16)12-7-5-4-6-8-12/h4-8,13H,3,9-10H2,1-2H3,(H,18,21)(H,19,20)/b17-11+. The molecular formula is C16H20N4O3. The smallest absolute Gasteiger partial charge is 0.311 e. The summed E-state index contributed by atoms with van der Waals surface area (Å²) in [4.78, 5) is 23.0. The summed E-state index contributed by atoms with van der Waals surface area (Å²) < 4.78 is 4.87. The Morgan fingerprint density at radius 2 is 2.04 bits per heavy atom. The summed E-state index contributed by atoms with van der Waals surface area (Å²) in [6.07, 6.45) is 0.384. The maximum atomic E-state index is 11.6. The first kappa shape index (κ1) is 16.7. The molecule has 122 valence electrons. The van der Waals surface area contributed by atoms with Crippen molar-refractivity contribution >= 4 is 23.4 Å². The number of rotatable bonds is 5. The Balaban J connectivity index is 2.14. The summed E-state index contributed by atoms with van der Waals surface area (Å²) in [6.45, 7) is 3.80. The van der Waals surface area contributed by atoms with Gasteiger partial charge in [-0.25, -0.2) is 0 Å². The van der Waals surface area contributed by atoms with Crippen LogP contribution in [0.5, 0.6) is 0 Å². The molecule has 2 N–H and O–H groups in total. The number of carbonyl (C=O) groups excluding carboxylic acids is 2. The molecule has 7 nitrogen and oxygen atoms in total. The lowest BCUT2D eigenvalue weighted by atomic mass is 9.93. The second-order valence-electron chi connectivity index (χ2n) is 5.14. The molecule has 1 fully saturated rings. The number of carbonyl (C=O) groups is 2. The van der Waals surface area contributed by atoms with Crippen molar-refractivity contribution in [3.05, 3.63) is 35.9 Å². The van der Waals surface area contributed by atoms with E-state index >= 15 is 0 Å². The van der Waals surface area contributed by atoms with E-state index in [1.807, 2.05) is 30.3 Å². The number of hydrazine groups is 1. The maximum absolute atomic E-state index is 11.6. The third kappa shape index (κ3) is 4.91. The lowest BCUT2D eigenvalue weighted by molar-refractivity contribution is -0.141. The van der Waals surface area contributed by atoms with Gasteiger partial charge < -0.3 is 4.74 Å². The lowest BCUT2D eigenvalue weighted by Crippen LogP contribution is -2.50. The zero-order valence-corrected chi connectivity index (χ0v) is 13.2. The van der Waals surface area contributed by atoms with Gasteiger partial charge >= 0.3 is 5.97 Å². The molecule has 1 saturated heterocycles. The second-order valence-corrected chi connectivity index (χ2v) is 5.14. The molecule has 1 aliphatic rings. The molecule has 0 spiro atoms. The summed E-state index contributed by atoms with van der Waals surface area (Å²) in [5.74, 6) is -0.0911. The highest BCUT2D eigenvalue weighted by Crippen LogP contribution is 2.22. The van der Waals surface area contributed by atoms with Crippen molar-refractivity contribution in [3.63, 3.8) is 0 Å². The van der Waals surface area contributed by atoms with Crippen molar-refractivity contribution in [1.29, 1.82) is 0 Å². The number of nitrogens with zero attached hydrogens (tertiary/aromatic N) is 2. The van der Waals surface area contributed by atoms with Gasteiger partial charge in [0.25, 0.3) is 0 Å². The fourth-order valence-electron chi connectivity index (χ4n) is 2.21. The minimum atomic E-state index is -0.335. The molecule has 1 atom stereocenters. The van der Waals surface area contributed by atoms with Gasteiger partial charge in [-0.1, -0.05) is 30.3 Å². The van der Waals surface area contributed by atoms with Gasteiger partial charge in [0.2, 0.25) is 5.91 Å². The van der Waals surface area contributed by atoms with E-state index < -0.39 is 0 Å². The highest BCUT2D eigenvalue weighted by atomic mass is 16.5. The number of ether oxygens (including phenoxy) is 1. The van der Waals surface area contributed by atoms with Crippen molar-refractivity contribution in [2.45, 2.75) is 32.6 Å². The highest BCUT2D eigenvalue weighted by Gasteiger charge is 2.26. The van der Waals surface area contributed by atoms with E-state index in [4.69, 9.17) is 4.74 Å². The van der Waals surface area contributed by atoms with Crippen molar-refractivity contribution in [2.75, 3.05) is 6.61 Å². The number of esters is 1. The van der Waals surface area contributed by atoms with Gasteiger partial charge in [0, 0.05) is 12.1 Å². The van der Waals surface area contributed by atoms with Crippen molar-refractivity contribution < 1.29 is 14.3 Å². The molecule has 1 heterocycles. The average Bonchev–Trinajstić information content (AvgIpc) is 2.54.